The normalized spacial score (nSPS) is 12.2. The van der Waals surface area contributed by atoms with Gasteiger partial charge in [-0.25, -0.2) is 0 Å². The van der Waals surface area contributed by atoms with Gasteiger partial charge in [-0.15, -0.1) is 0 Å². The van der Waals surface area contributed by atoms with E-state index >= 15 is 0 Å². The second-order valence-corrected chi connectivity index (χ2v) is 5.88. The lowest BCUT2D eigenvalue weighted by atomic mass is 10.1. The molecule has 2 aromatic carbocycles. The lowest BCUT2D eigenvalue weighted by Crippen LogP contribution is -2.06. The van der Waals surface area contributed by atoms with Gasteiger partial charge in [-0.2, -0.15) is 0 Å². The van der Waals surface area contributed by atoms with E-state index in [1.54, 1.807) is 7.11 Å². The molecule has 2 N–H and O–H groups in total. The summed E-state index contributed by atoms with van der Waals surface area (Å²) in [6.07, 6.45) is 0.902. The number of hydrogen-bond donors (Lipinski definition) is 1. The second kappa shape index (κ2) is 7.59. The summed E-state index contributed by atoms with van der Waals surface area (Å²) in [7, 11) is 1.71. The smallest absolute Gasteiger partial charge is 0.133 e. The number of ether oxygens (including phenoxy) is 2. The molecule has 112 valence electrons. The van der Waals surface area contributed by atoms with Crippen molar-refractivity contribution in [2.24, 2.45) is 5.73 Å². The maximum Gasteiger partial charge on any atom is 0.133 e. The summed E-state index contributed by atoms with van der Waals surface area (Å²) in [6.45, 7) is 2.67. The Hall–Kier alpha value is -1.36. The molecule has 3 nitrogen and oxygen atoms in total. The molecule has 4 heteroatoms. The van der Waals surface area contributed by atoms with Gasteiger partial charge in [0.05, 0.1) is 6.61 Å². The summed E-state index contributed by atoms with van der Waals surface area (Å²) in [6, 6.07) is 13.9. The molecule has 0 radical (unpaired) electrons. The molecule has 21 heavy (non-hydrogen) atoms. The van der Waals surface area contributed by atoms with Crippen LogP contribution in [-0.2, 0) is 11.2 Å². The molecule has 1 unspecified atom stereocenters. The van der Waals surface area contributed by atoms with E-state index in [1.165, 1.54) is 5.56 Å². The minimum absolute atomic E-state index is 0.0749. The summed E-state index contributed by atoms with van der Waals surface area (Å²) in [4.78, 5) is 0. The van der Waals surface area contributed by atoms with Crippen LogP contribution in [0.3, 0.4) is 0 Å². The molecule has 2 rings (SSSR count). The lowest BCUT2D eigenvalue weighted by Gasteiger charge is -2.14. The van der Waals surface area contributed by atoms with Crippen molar-refractivity contribution in [1.82, 2.24) is 0 Å². The van der Waals surface area contributed by atoms with Gasteiger partial charge in [0.15, 0.2) is 0 Å². The number of rotatable bonds is 6. The molecule has 0 fully saturated rings. The van der Waals surface area contributed by atoms with Gasteiger partial charge in [0, 0.05) is 23.2 Å². The molecule has 0 saturated carbocycles. The molecule has 0 amide bonds. The molecule has 0 saturated heterocycles. The standard InChI is InChI=1S/C17H20BrNO2/c1-12(19)16-8-5-14(18)11-17(16)21-15-6-3-13(4-7-15)9-10-20-2/h3-8,11-12H,9-10,19H2,1-2H3. The van der Waals surface area contributed by atoms with Crippen LogP contribution in [0.4, 0.5) is 0 Å². The third-order valence-corrected chi connectivity index (χ3v) is 3.71. The summed E-state index contributed by atoms with van der Waals surface area (Å²) in [5, 5.41) is 0. The van der Waals surface area contributed by atoms with Crippen molar-refractivity contribution in [3.05, 3.63) is 58.1 Å². The van der Waals surface area contributed by atoms with Gasteiger partial charge in [-0.1, -0.05) is 34.1 Å². The Balaban J connectivity index is 2.16. The van der Waals surface area contributed by atoms with Gasteiger partial charge >= 0.3 is 0 Å². The van der Waals surface area contributed by atoms with Crippen molar-refractivity contribution < 1.29 is 9.47 Å². The molecule has 0 aliphatic rings. The van der Waals surface area contributed by atoms with Crippen molar-refractivity contribution in [2.45, 2.75) is 19.4 Å². The maximum absolute atomic E-state index is 5.99. The van der Waals surface area contributed by atoms with E-state index in [-0.39, 0.29) is 6.04 Å². The third kappa shape index (κ3) is 4.56. The predicted molar refractivity (Wildman–Crippen MR) is 88.8 cm³/mol. The Morgan fingerprint density at radius 2 is 1.86 bits per heavy atom. The van der Waals surface area contributed by atoms with Crippen molar-refractivity contribution in [1.29, 1.82) is 0 Å². The fourth-order valence-electron chi connectivity index (χ4n) is 2.04. The zero-order valence-electron chi connectivity index (χ0n) is 12.3. The largest absolute Gasteiger partial charge is 0.457 e. The lowest BCUT2D eigenvalue weighted by molar-refractivity contribution is 0.202. The molecule has 0 aliphatic carbocycles. The molecular formula is C17H20BrNO2. The first-order valence-corrected chi connectivity index (χ1v) is 7.70. The highest BCUT2D eigenvalue weighted by atomic mass is 79.9. The Bertz CT molecular complexity index is 582. The van der Waals surface area contributed by atoms with Crippen molar-refractivity contribution in [3.8, 4) is 11.5 Å². The molecule has 0 spiro atoms. The molecule has 0 bridgehead atoms. The number of benzene rings is 2. The van der Waals surface area contributed by atoms with Crippen LogP contribution in [0.2, 0.25) is 0 Å². The van der Waals surface area contributed by atoms with Crippen molar-refractivity contribution >= 4 is 15.9 Å². The van der Waals surface area contributed by atoms with E-state index in [0.29, 0.717) is 0 Å². The molecule has 0 heterocycles. The summed E-state index contributed by atoms with van der Waals surface area (Å²) in [5.41, 5.74) is 8.20. The fourth-order valence-corrected chi connectivity index (χ4v) is 2.38. The van der Waals surface area contributed by atoms with Gasteiger partial charge in [0.25, 0.3) is 0 Å². The van der Waals surface area contributed by atoms with Crippen molar-refractivity contribution in [3.63, 3.8) is 0 Å². The minimum atomic E-state index is -0.0749. The van der Waals surface area contributed by atoms with E-state index in [9.17, 15) is 0 Å². The van der Waals surface area contributed by atoms with E-state index in [1.807, 2.05) is 37.3 Å². The van der Waals surface area contributed by atoms with Crippen LogP contribution in [0.15, 0.2) is 46.9 Å². The topological polar surface area (TPSA) is 44.5 Å². The summed E-state index contributed by atoms with van der Waals surface area (Å²) < 4.78 is 12.0. The Morgan fingerprint density at radius 1 is 1.14 bits per heavy atom. The molecular weight excluding hydrogens is 330 g/mol. The summed E-state index contributed by atoms with van der Waals surface area (Å²) in [5.74, 6) is 1.58. The average Bonchev–Trinajstić information content (AvgIpc) is 2.46. The van der Waals surface area contributed by atoms with Crippen LogP contribution in [0.1, 0.15) is 24.1 Å². The number of halogens is 1. The highest BCUT2D eigenvalue weighted by molar-refractivity contribution is 9.10. The van der Waals surface area contributed by atoms with E-state index < -0.39 is 0 Å². The van der Waals surface area contributed by atoms with Gasteiger partial charge in [-0.3, -0.25) is 0 Å². The molecule has 0 aliphatic heterocycles. The van der Waals surface area contributed by atoms with Crippen LogP contribution in [-0.4, -0.2) is 13.7 Å². The van der Waals surface area contributed by atoms with Crippen LogP contribution in [0.25, 0.3) is 0 Å². The van der Waals surface area contributed by atoms with Gasteiger partial charge < -0.3 is 15.2 Å². The van der Waals surface area contributed by atoms with Crippen LogP contribution in [0, 0.1) is 0 Å². The summed E-state index contributed by atoms with van der Waals surface area (Å²) >= 11 is 3.46. The second-order valence-electron chi connectivity index (χ2n) is 4.96. The predicted octanol–water partition coefficient (Wildman–Crippen LogP) is 4.45. The number of nitrogens with two attached hydrogens (primary N) is 1. The highest BCUT2D eigenvalue weighted by Crippen LogP contribution is 2.31. The van der Waals surface area contributed by atoms with Crippen LogP contribution < -0.4 is 10.5 Å². The zero-order valence-corrected chi connectivity index (χ0v) is 13.9. The first-order valence-electron chi connectivity index (χ1n) is 6.91. The van der Waals surface area contributed by atoms with Crippen LogP contribution in [0.5, 0.6) is 11.5 Å². The highest BCUT2D eigenvalue weighted by Gasteiger charge is 2.09. The van der Waals surface area contributed by atoms with E-state index in [2.05, 4.69) is 28.1 Å². The fraction of sp³-hybridized carbons (Fsp3) is 0.294. The van der Waals surface area contributed by atoms with Gasteiger partial charge in [0.2, 0.25) is 0 Å². The maximum atomic E-state index is 5.99. The zero-order chi connectivity index (χ0) is 15.2. The third-order valence-electron chi connectivity index (χ3n) is 3.21. The first kappa shape index (κ1) is 16.0. The SMILES string of the molecule is COCCc1ccc(Oc2cc(Br)ccc2C(C)N)cc1. The number of methoxy groups -OCH3 is 1. The van der Waals surface area contributed by atoms with E-state index in [0.717, 1.165) is 34.6 Å². The molecule has 1 atom stereocenters. The molecule has 2 aromatic rings. The van der Waals surface area contributed by atoms with Crippen molar-refractivity contribution in [2.75, 3.05) is 13.7 Å². The quantitative estimate of drug-likeness (QED) is 0.837. The van der Waals surface area contributed by atoms with Crippen LogP contribution >= 0.6 is 15.9 Å². The minimum Gasteiger partial charge on any atom is -0.457 e. The first-order chi connectivity index (χ1) is 10.1. The Labute approximate surface area is 134 Å². The van der Waals surface area contributed by atoms with E-state index in [4.69, 9.17) is 15.2 Å². The monoisotopic (exact) mass is 349 g/mol. The average molecular weight is 350 g/mol. The Morgan fingerprint density at radius 3 is 2.48 bits per heavy atom. The Kier molecular flexibility index (Phi) is 5.79. The molecule has 0 aromatic heterocycles. The van der Waals surface area contributed by atoms with Gasteiger partial charge in [-0.05, 0) is 43.2 Å². The number of hydrogen-bond acceptors (Lipinski definition) is 3. The van der Waals surface area contributed by atoms with Gasteiger partial charge in [0.1, 0.15) is 11.5 Å².